The Kier molecular flexibility index (Phi) is 2.04. The second-order valence-electron chi connectivity index (χ2n) is 4.26. The van der Waals surface area contributed by atoms with E-state index in [0.29, 0.717) is 12.1 Å². The number of rotatable bonds is 1. The first-order valence-corrected chi connectivity index (χ1v) is 5.40. The molecule has 17 heavy (non-hydrogen) atoms. The van der Waals surface area contributed by atoms with Crippen molar-refractivity contribution in [3.8, 4) is 0 Å². The predicted molar refractivity (Wildman–Crippen MR) is 62.9 cm³/mol. The highest BCUT2D eigenvalue weighted by molar-refractivity contribution is 5.88. The first-order chi connectivity index (χ1) is 8.15. The Morgan fingerprint density at radius 3 is 2.94 bits per heavy atom. The summed E-state index contributed by atoms with van der Waals surface area (Å²) in [4.78, 5) is 14.4. The van der Waals surface area contributed by atoms with Crippen LogP contribution in [0.1, 0.15) is 17.9 Å². The van der Waals surface area contributed by atoms with Crippen LogP contribution in [0.2, 0.25) is 0 Å². The Morgan fingerprint density at radius 1 is 1.41 bits per heavy atom. The molecule has 86 valence electrons. The summed E-state index contributed by atoms with van der Waals surface area (Å²) in [5, 5.41) is 3.51. The largest absolute Gasteiger partial charge is 0.361 e. The van der Waals surface area contributed by atoms with Crippen LogP contribution in [-0.2, 0) is 4.79 Å². The molecule has 2 aromatic rings. The molecule has 1 saturated heterocycles. The van der Waals surface area contributed by atoms with Gasteiger partial charge in [-0.15, -0.1) is 0 Å². The van der Waals surface area contributed by atoms with Crippen LogP contribution in [0.4, 0.5) is 4.39 Å². The Morgan fingerprint density at radius 2 is 2.24 bits per heavy atom. The third-order valence-electron chi connectivity index (χ3n) is 3.16. The Balaban J connectivity index is 2.14. The van der Waals surface area contributed by atoms with Gasteiger partial charge in [0.2, 0.25) is 5.91 Å². The smallest absolute Gasteiger partial charge is 0.225 e. The van der Waals surface area contributed by atoms with Gasteiger partial charge < -0.3 is 10.3 Å². The van der Waals surface area contributed by atoms with Crippen molar-refractivity contribution in [1.29, 1.82) is 0 Å². The topological polar surface area (TPSA) is 44.9 Å². The van der Waals surface area contributed by atoms with E-state index in [4.69, 9.17) is 0 Å². The monoisotopic (exact) mass is 230 g/mol. The van der Waals surface area contributed by atoms with Gasteiger partial charge >= 0.3 is 0 Å². The van der Waals surface area contributed by atoms with Crippen LogP contribution in [-0.4, -0.2) is 10.9 Å². The number of fused-ring (bicyclic) bond motifs is 1. The number of carbonyl (C=O) groups is 1. The second kappa shape index (κ2) is 3.45. The summed E-state index contributed by atoms with van der Waals surface area (Å²) < 4.78 is 13.2. The standard InChI is InChI=1S/C13H11FN2O/c1-7-9(5-13(17)16-7)11-6-15-12-3-2-8(14)4-10(11)12/h2-4,6,9,15H,1,5H2,(H,16,17). The minimum absolute atomic E-state index is 0.0363. The van der Waals surface area contributed by atoms with E-state index in [1.807, 2.05) is 6.20 Å². The molecule has 1 aliphatic heterocycles. The van der Waals surface area contributed by atoms with Crippen molar-refractivity contribution in [2.75, 3.05) is 0 Å². The maximum absolute atomic E-state index is 13.2. The molecule has 0 aliphatic carbocycles. The summed E-state index contributed by atoms with van der Waals surface area (Å²) >= 11 is 0. The second-order valence-corrected chi connectivity index (χ2v) is 4.26. The van der Waals surface area contributed by atoms with E-state index in [0.717, 1.165) is 16.5 Å². The zero-order chi connectivity index (χ0) is 12.0. The highest BCUT2D eigenvalue weighted by Gasteiger charge is 2.28. The van der Waals surface area contributed by atoms with E-state index in [2.05, 4.69) is 16.9 Å². The lowest BCUT2D eigenvalue weighted by Gasteiger charge is -2.07. The fourth-order valence-electron chi connectivity index (χ4n) is 2.33. The molecule has 1 unspecified atom stereocenters. The number of hydrogen-bond donors (Lipinski definition) is 2. The number of hydrogen-bond acceptors (Lipinski definition) is 1. The summed E-state index contributed by atoms with van der Waals surface area (Å²) in [6.45, 7) is 3.83. The molecule has 3 nitrogen and oxygen atoms in total. The fraction of sp³-hybridized carbons (Fsp3) is 0.154. The third-order valence-corrected chi connectivity index (χ3v) is 3.16. The summed E-state index contributed by atoms with van der Waals surface area (Å²) in [6.07, 6.45) is 2.20. The van der Waals surface area contributed by atoms with E-state index in [1.54, 1.807) is 6.07 Å². The molecule has 2 heterocycles. The van der Waals surface area contributed by atoms with Crippen molar-refractivity contribution in [3.63, 3.8) is 0 Å². The molecule has 3 rings (SSSR count). The first kappa shape index (κ1) is 10.1. The van der Waals surface area contributed by atoms with Crippen molar-refractivity contribution >= 4 is 16.8 Å². The summed E-state index contributed by atoms with van der Waals surface area (Å²) in [5.41, 5.74) is 2.47. The average Bonchev–Trinajstić information content (AvgIpc) is 2.81. The highest BCUT2D eigenvalue weighted by atomic mass is 19.1. The van der Waals surface area contributed by atoms with Crippen molar-refractivity contribution in [3.05, 3.63) is 48.1 Å². The summed E-state index contributed by atoms with van der Waals surface area (Å²) in [5.74, 6) is -0.384. The molecule has 4 heteroatoms. The lowest BCUT2D eigenvalue weighted by molar-refractivity contribution is -0.118. The number of amides is 1. The minimum Gasteiger partial charge on any atom is -0.361 e. The quantitative estimate of drug-likeness (QED) is 0.776. The first-order valence-electron chi connectivity index (χ1n) is 5.40. The molecule has 0 spiro atoms. The van der Waals surface area contributed by atoms with Gasteiger partial charge in [0.25, 0.3) is 0 Å². The van der Waals surface area contributed by atoms with Crippen LogP contribution in [0.15, 0.2) is 36.7 Å². The van der Waals surface area contributed by atoms with Crippen LogP contribution < -0.4 is 5.32 Å². The van der Waals surface area contributed by atoms with Crippen LogP contribution >= 0.6 is 0 Å². The molecule has 0 bridgehead atoms. The van der Waals surface area contributed by atoms with Gasteiger partial charge in [-0.3, -0.25) is 4.79 Å². The fourth-order valence-corrected chi connectivity index (χ4v) is 2.33. The Labute approximate surface area is 97.3 Å². The minimum atomic E-state index is -0.277. The zero-order valence-electron chi connectivity index (χ0n) is 9.09. The molecule has 1 fully saturated rings. The van der Waals surface area contributed by atoms with Crippen LogP contribution in [0, 0.1) is 5.82 Å². The maximum atomic E-state index is 13.2. The van der Waals surface area contributed by atoms with E-state index >= 15 is 0 Å². The number of aromatic amines is 1. The number of aromatic nitrogens is 1. The molecule has 1 aliphatic rings. The maximum Gasteiger partial charge on any atom is 0.225 e. The normalized spacial score (nSPS) is 19.9. The number of allylic oxidation sites excluding steroid dienone is 1. The molecule has 1 aromatic carbocycles. The van der Waals surface area contributed by atoms with Crippen molar-refractivity contribution in [1.82, 2.24) is 10.3 Å². The van der Waals surface area contributed by atoms with E-state index in [1.165, 1.54) is 12.1 Å². The van der Waals surface area contributed by atoms with Crippen LogP contribution in [0.25, 0.3) is 10.9 Å². The van der Waals surface area contributed by atoms with Gasteiger partial charge in [-0.25, -0.2) is 4.39 Å². The number of nitrogens with one attached hydrogen (secondary N) is 2. The lowest BCUT2D eigenvalue weighted by atomic mass is 9.95. The molecule has 1 amide bonds. The van der Waals surface area contributed by atoms with Gasteiger partial charge in [0.15, 0.2) is 0 Å². The number of benzene rings is 1. The molecule has 0 saturated carbocycles. The van der Waals surface area contributed by atoms with Crippen molar-refractivity contribution < 1.29 is 9.18 Å². The van der Waals surface area contributed by atoms with E-state index in [-0.39, 0.29) is 17.6 Å². The number of carbonyl (C=O) groups excluding carboxylic acids is 1. The van der Waals surface area contributed by atoms with Gasteiger partial charge in [0.1, 0.15) is 5.82 Å². The number of H-pyrrole nitrogens is 1. The molecule has 1 aromatic heterocycles. The molecule has 2 N–H and O–H groups in total. The number of halogens is 1. The zero-order valence-corrected chi connectivity index (χ0v) is 9.09. The predicted octanol–water partition coefficient (Wildman–Crippen LogP) is 2.42. The van der Waals surface area contributed by atoms with Crippen LogP contribution in [0.3, 0.4) is 0 Å². The van der Waals surface area contributed by atoms with Gasteiger partial charge in [0.05, 0.1) is 0 Å². The molecule has 0 radical (unpaired) electrons. The van der Waals surface area contributed by atoms with Crippen molar-refractivity contribution in [2.24, 2.45) is 0 Å². The van der Waals surface area contributed by atoms with E-state index < -0.39 is 0 Å². The van der Waals surface area contributed by atoms with Gasteiger partial charge in [-0.05, 0) is 23.8 Å². The lowest BCUT2D eigenvalue weighted by Crippen LogP contribution is -2.11. The van der Waals surface area contributed by atoms with E-state index in [9.17, 15) is 9.18 Å². The average molecular weight is 230 g/mol. The summed E-state index contributed by atoms with van der Waals surface area (Å²) in [7, 11) is 0. The highest BCUT2D eigenvalue weighted by Crippen LogP contribution is 2.34. The SMILES string of the molecule is C=C1NC(=O)CC1c1c[nH]c2ccc(F)cc12. The van der Waals surface area contributed by atoms with Gasteiger partial charge in [0, 0.05) is 35.1 Å². The van der Waals surface area contributed by atoms with Crippen molar-refractivity contribution in [2.45, 2.75) is 12.3 Å². The molecule has 1 atom stereocenters. The molecular formula is C13H11FN2O. The molecular weight excluding hydrogens is 219 g/mol. The Hall–Kier alpha value is -2.10. The van der Waals surface area contributed by atoms with Gasteiger partial charge in [-0.1, -0.05) is 6.58 Å². The third kappa shape index (κ3) is 1.53. The summed E-state index contributed by atoms with van der Waals surface area (Å²) in [6, 6.07) is 4.59. The van der Waals surface area contributed by atoms with Gasteiger partial charge in [-0.2, -0.15) is 0 Å². The Bertz CT molecular complexity index is 629. The van der Waals surface area contributed by atoms with Crippen LogP contribution in [0.5, 0.6) is 0 Å².